The van der Waals surface area contributed by atoms with E-state index in [4.69, 9.17) is 14.2 Å². The van der Waals surface area contributed by atoms with Crippen molar-refractivity contribution < 1.29 is 19.0 Å². The molecule has 0 fully saturated rings. The molecule has 0 N–H and O–H groups in total. The fourth-order valence-corrected chi connectivity index (χ4v) is 4.13. The zero-order valence-corrected chi connectivity index (χ0v) is 20.5. The Morgan fingerprint density at radius 2 is 1.79 bits per heavy atom. The minimum Gasteiger partial charge on any atom is -0.465 e. The molecule has 0 radical (unpaired) electrons. The SMILES string of the molecule is CC(C)(C)C(=O)Oc1ccc(I)c(OCOCC[Si](C)(C)C)c1I. The van der Waals surface area contributed by atoms with Gasteiger partial charge in [0.05, 0.1) is 12.6 Å². The Morgan fingerprint density at radius 3 is 2.33 bits per heavy atom. The van der Waals surface area contributed by atoms with E-state index in [9.17, 15) is 4.79 Å². The number of hydrogen-bond acceptors (Lipinski definition) is 4. The smallest absolute Gasteiger partial charge is 0.316 e. The van der Waals surface area contributed by atoms with Crippen molar-refractivity contribution in [2.75, 3.05) is 13.4 Å². The highest BCUT2D eigenvalue weighted by molar-refractivity contribution is 14.1. The molecule has 24 heavy (non-hydrogen) atoms. The molecule has 0 aliphatic carbocycles. The number of rotatable bonds is 7. The summed E-state index contributed by atoms with van der Waals surface area (Å²) in [4.78, 5) is 12.1. The summed E-state index contributed by atoms with van der Waals surface area (Å²) in [6.07, 6.45) is 0. The number of hydrogen-bond donors (Lipinski definition) is 0. The summed E-state index contributed by atoms with van der Waals surface area (Å²) in [6.45, 7) is 13.4. The van der Waals surface area contributed by atoms with Gasteiger partial charge in [0, 0.05) is 14.7 Å². The second kappa shape index (κ2) is 9.18. The van der Waals surface area contributed by atoms with Crippen LogP contribution in [-0.2, 0) is 9.53 Å². The molecule has 136 valence electrons. The molecule has 1 aromatic rings. The maximum atomic E-state index is 12.1. The molecule has 0 aromatic heterocycles. The van der Waals surface area contributed by atoms with Gasteiger partial charge in [0.15, 0.2) is 12.5 Å². The molecule has 4 nitrogen and oxygen atoms in total. The Hall–Kier alpha value is 0.127. The van der Waals surface area contributed by atoms with Crippen molar-refractivity contribution in [3.63, 3.8) is 0 Å². The number of esters is 1. The molecule has 0 saturated heterocycles. The van der Waals surface area contributed by atoms with Gasteiger partial charge in [0.25, 0.3) is 0 Å². The Balaban J connectivity index is 2.71. The van der Waals surface area contributed by atoms with Gasteiger partial charge in [0.1, 0.15) is 5.75 Å². The number of carbonyl (C=O) groups is 1. The molecule has 0 saturated carbocycles. The van der Waals surface area contributed by atoms with Gasteiger partial charge in [-0.1, -0.05) is 19.6 Å². The third-order valence-electron chi connectivity index (χ3n) is 3.11. The van der Waals surface area contributed by atoms with E-state index in [1.807, 2.05) is 26.8 Å². The van der Waals surface area contributed by atoms with Gasteiger partial charge in [0.2, 0.25) is 0 Å². The normalized spacial score (nSPS) is 12.2. The van der Waals surface area contributed by atoms with E-state index in [0.717, 1.165) is 13.2 Å². The summed E-state index contributed by atoms with van der Waals surface area (Å²) in [7, 11) is -1.09. The van der Waals surface area contributed by atoms with Crippen LogP contribution in [0.1, 0.15) is 20.8 Å². The summed E-state index contributed by atoms with van der Waals surface area (Å²) in [5.74, 6) is 0.954. The molecule has 1 rings (SSSR count). The molecule has 0 spiro atoms. The van der Waals surface area contributed by atoms with Crippen molar-refractivity contribution in [2.45, 2.75) is 46.5 Å². The van der Waals surface area contributed by atoms with E-state index in [-0.39, 0.29) is 12.8 Å². The molecule has 0 unspecified atom stereocenters. The number of carbonyl (C=O) groups excluding carboxylic acids is 1. The third kappa shape index (κ3) is 7.57. The first kappa shape index (κ1) is 22.2. The van der Waals surface area contributed by atoms with Gasteiger partial charge in [-0.05, 0) is 84.1 Å². The van der Waals surface area contributed by atoms with E-state index in [0.29, 0.717) is 18.1 Å². The molecular formula is C17H26I2O4Si. The first-order valence-corrected chi connectivity index (χ1v) is 13.7. The fourth-order valence-electron chi connectivity index (χ4n) is 1.52. The monoisotopic (exact) mass is 576 g/mol. The van der Waals surface area contributed by atoms with E-state index in [2.05, 4.69) is 64.8 Å². The fraction of sp³-hybridized carbons (Fsp3) is 0.588. The lowest BCUT2D eigenvalue weighted by molar-refractivity contribution is -0.143. The lowest BCUT2D eigenvalue weighted by Crippen LogP contribution is -2.26. The van der Waals surface area contributed by atoms with Gasteiger partial charge < -0.3 is 14.2 Å². The van der Waals surface area contributed by atoms with Crippen LogP contribution in [0.2, 0.25) is 25.7 Å². The van der Waals surface area contributed by atoms with Gasteiger partial charge in [-0.3, -0.25) is 4.79 Å². The second-order valence-electron chi connectivity index (χ2n) is 7.81. The van der Waals surface area contributed by atoms with Crippen LogP contribution >= 0.6 is 45.2 Å². The minimum atomic E-state index is -1.09. The van der Waals surface area contributed by atoms with Crippen molar-refractivity contribution in [3.8, 4) is 11.5 Å². The van der Waals surface area contributed by atoms with Crippen molar-refractivity contribution in [3.05, 3.63) is 19.3 Å². The molecular weight excluding hydrogens is 550 g/mol. The average Bonchev–Trinajstić information content (AvgIpc) is 2.42. The summed E-state index contributed by atoms with van der Waals surface area (Å²) in [5.41, 5.74) is -0.549. The van der Waals surface area contributed by atoms with Crippen LogP contribution in [0.25, 0.3) is 0 Å². The lowest BCUT2D eigenvalue weighted by atomic mass is 9.97. The maximum Gasteiger partial charge on any atom is 0.316 e. The number of benzene rings is 1. The summed E-state index contributed by atoms with van der Waals surface area (Å²) >= 11 is 4.35. The Morgan fingerprint density at radius 1 is 1.17 bits per heavy atom. The molecule has 0 bridgehead atoms. The first-order valence-electron chi connectivity index (χ1n) is 7.82. The maximum absolute atomic E-state index is 12.1. The average molecular weight is 576 g/mol. The predicted molar refractivity (Wildman–Crippen MR) is 117 cm³/mol. The lowest BCUT2D eigenvalue weighted by Gasteiger charge is -2.19. The molecule has 0 aliphatic heterocycles. The highest BCUT2D eigenvalue weighted by Gasteiger charge is 2.25. The highest BCUT2D eigenvalue weighted by Crippen LogP contribution is 2.35. The molecule has 0 aliphatic rings. The zero-order valence-electron chi connectivity index (χ0n) is 15.2. The molecule has 0 amide bonds. The van der Waals surface area contributed by atoms with Crippen molar-refractivity contribution in [2.24, 2.45) is 5.41 Å². The Labute approximate surface area is 173 Å². The number of ether oxygens (including phenoxy) is 3. The van der Waals surface area contributed by atoms with Crippen LogP contribution < -0.4 is 9.47 Å². The standard InChI is InChI=1S/C17H26I2O4Si/c1-17(2,3)16(20)23-13-8-7-12(18)15(14(13)19)22-11-21-9-10-24(4,5)6/h7-8H,9-11H2,1-6H3. The highest BCUT2D eigenvalue weighted by atomic mass is 127. The van der Waals surface area contributed by atoms with Crippen LogP contribution in [0.5, 0.6) is 11.5 Å². The predicted octanol–water partition coefficient (Wildman–Crippen LogP) is 5.54. The van der Waals surface area contributed by atoms with E-state index in [1.54, 1.807) is 6.07 Å². The largest absolute Gasteiger partial charge is 0.465 e. The van der Waals surface area contributed by atoms with Crippen LogP contribution in [-0.4, -0.2) is 27.4 Å². The van der Waals surface area contributed by atoms with Gasteiger partial charge in [-0.15, -0.1) is 0 Å². The quantitative estimate of drug-likeness (QED) is 0.107. The molecule has 0 atom stereocenters. The summed E-state index contributed by atoms with van der Waals surface area (Å²) in [6, 6.07) is 4.78. The molecule has 1 aromatic carbocycles. The third-order valence-corrected chi connectivity index (χ3v) is 6.69. The van der Waals surface area contributed by atoms with Crippen molar-refractivity contribution in [1.82, 2.24) is 0 Å². The van der Waals surface area contributed by atoms with Gasteiger partial charge >= 0.3 is 5.97 Å². The molecule has 7 heteroatoms. The summed E-state index contributed by atoms with van der Waals surface area (Å²) < 4.78 is 18.6. The number of halogens is 2. The van der Waals surface area contributed by atoms with Crippen molar-refractivity contribution in [1.29, 1.82) is 0 Å². The van der Waals surface area contributed by atoms with Gasteiger partial charge in [-0.25, -0.2) is 0 Å². The second-order valence-corrected chi connectivity index (χ2v) is 15.7. The topological polar surface area (TPSA) is 44.8 Å². The minimum absolute atomic E-state index is 0.202. The van der Waals surface area contributed by atoms with Crippen LogP contribution in [0.15, 0.2) is 12.1 Å². The van der Waals surface area contributed by atoms with E-state index in [1.165, 1.54) is 0 Å². The van der Waals surface area contributed by atoms with Crippen LogP contribution in [0.4, 0.5) is 0 Å². The first-order chi connectivity index (χ1) is 10.9. The zero-order chi connectivity index (χ0) is 18.5. The van der Waals surface area contributed by atoms with E-state index >= 15 is 0 Å². The van der Waals surface area contributed by atoms with Crippen molar-refractivity contribution >= 4 is 59.2 Å². The Bertz CT molecular complexity index is 577. The molecule has 0 heterocycles. The Kier molecular flexibility index (Phi) is 8.48. The van der Waals surface area contributed by atoms with Crippen LogP contribution in [0.3, 0.4) is 0 Å². The summed E-state index contributed by atoms with van der Waals surface area (Å²) in [5, 5.41) is 0. The van der Waals surface area contributed by atoms with Gasteiger partial charge in [-0.2, -0.15) is 0 Å². The van der Waals surface area contributed by atoms with E-state index < -0.39 is 13.5 Å². The van der Waals surface area contributed by atoms with Crippen LogP contribution in [0, 0.1) is 12.6 Å².